The van der Waals surface area contributed by atoms with Crippen LogP contribution >= 0.6 is 0 Å². The largest absolute Gasteiger partial charge is 0.481 e. The lowest BCUT2D eigenvalue weighted by molar-refractivity contribution is -0.137. The lowest BCUT2D eigenvalue weighted by atomic mass is 10.1. The van der Waals surface area contributed by atoms with E-state index < -0.39 is 5.97 Å². The molecule has 0 aromatic carbocycles. The summed E-state index contributed by atoms with van der Waals surface area (Å²) in [6, 6.07) is -0.183. The zero-order chi connectivity index (χ0) is 14.5. The summed E-state index contributed by atoms with van der Waals surface area (Å²) in [6.45, 7) is 5.58. The molecule has 0 bridgehead atoms. The van der Waals surface area contributed by atoms with Gasteiger partial charge >= 0.3 is 12.0 Å². The molecule has 0 aromatic rings. The summed E-state index contributed by atoms with van der Waals surface area (Å²) < 4.78 is 5.29. The van der Waals surface area contributed by atoms with Crippen LogP contribution in [-0.4, -0.2) is 42.9 Å². The molecule has 0 saturated heterocycles. The van der Waals surface area contributed by atoms with Crippen LogP contribution in [0.4, 0.5) is 4.79 Å². The molecule has 1 atom stereocenters. The van der Waals surface area contributed by atoms with Crippen LogP contribution < -0.4 is 10.6 Å². The second-order valence-electron chi connectivity index (χ2n) is 4.46. The van der Waals surface area contributed by atoms with Crippen molar-refractivity contribution in [3.63, 3.8) is 0 Å². The monoisotopic (exact) mass is 274 g/mol. The number of carbonyl (C=O) groups excluding carboxylic acids is 1. The minimum atomic E-state index is -0.749. The molecule has 0 aromatic heterocycles. The van der Waals surface area contributed by atoms with Gasteiger partial charge in [-0.2, -0.15) is 0 Å². The van der Waals surface area contributed by atoms with Crippen LogP contribution in [0.3, 0.4) is 0 Å². The highest BCUT2D eigenvalue weighted by atomic mass is 16.5. The number of amides is 2. The summed E-state index contributed by atoms with van der Waals surface area (Å²) >= 11 is 0. The molecular formula is C13H26N2O4. The van der Waals surface area contributed by atoms with E-state index in [1.54, 1.807) is 0 Å². The Morgan fingerprint density at radius 2 is 1.84 bits per heavy atom. The van der Waals surface area contributed by atoms with Crippen molar-refractivity contribution in [2.75, 3.05) is 19.7 Å². The molecule has 0 aliphatic carbocycles. The van der Waals surface area contributed by atoms with Gasteiger partial charge < -0.3 is 20.5 Å². The van der Waals surface area contributed by atoms with Crippen molar-refractivity contribution in [2.24, 2.45) is 0 Å². The van der Waals surface area contributed by atoms with Crippen LogP contribution in [0.15, 0.2) is 0 Å². The van der Waals surface area contributed by atoms with E-state index >= 15 is 0 Å². The third-order valence-corrected chi connectivity index (χ3v) is 2.60. The van der Waals surface area contributed by atoms with E-state index in [0.29, 0.717) is 26.1 Å². The first-order chi connectivity index (χ1) is 9.06. The van der Waals surface area contributed by atoms with Crippen LogP contribution in [0.1, 0.15) is 46.0 Å². The Morgan fingerprint density at radius 1 is 1.16 bits per heavy atom. The number of carboxylic acid groups (broad SMARTS) is 1. The first-order valence-corrected chi connectivity index (χ1v) is 6.91. The van der Waals surface area contributed by atoms with Crippen molar-refractivity contribution in [1.82, 2.24) is 10.6 Å². The van der Waals surface area contributed by atoms with E-state index in [1.165, 1.54) is 0 Å². The molecule has 19 heavy (non-hydrogen) atoms. The van der Waals surface area contributed by atoms with Crippen LogP contribution in [0.2, 0.25) is 0 Å². The van der Waals surface area contributed by atoms with Gasteiger partial charge in [0, 0.05) is 26.1 Å². The van der Waals surface area contributed by atoms with E-state index in [1.807, 2.05) is 13.8 Å². The fraction of sp³-hybridized carbons (Fsp3) is 0.846. The summed E-state index contributed by atoms with van der Waals surface area (Å²) in [5, 5.41) is 13.9. The average molecular weight is 274 g/mol. The minimum Gasteiger partial charge on any atom is -0.481 e. The fourth-order valence-corrected chi connectivity index (χ4v) is 1.60. The van der Waals surface area contributed by atoms with E-state index in [9.17, 15) is 9.59 Å². The Hall–Kier alpha value is -1.30. The number of rotatable bonds is 11. The maximum absolute atomic E-state index is 11.4. The van der Waals surface area contributed by atoms with Gasteiger partial charge in [0.25, 0.3) is 0 Å². The molecule has 112 valence electrons. The van der Waals surface area contributed by atoms with E-state index in [-0.39, 0.29) is 18.6 Å². The SMILES string of the molecule is CCOC(C)CNC(=O)NCCCCCCC(=O)O. The Labute approximate surface area is 114 Å². The first kappa shape index (κ1) is 17.7. The van der Waals surface area contributed by atoms with Gasteiger partial charge in [-0.05, 0) is 26.7 Å². The Morgan fingerprint density at radius 3 is 2.47 bits per heavy atom. The maximum Gasteiger partial charge on any atom is 0.314 e. The van der Waals surface area contributed by atoms with E-state index in [0.717, 1.165) is 19.3 Å². The predicted octanol–water partition coefficient (Wildman–Crippen LogP) is 1.75. The number of carbonyl (C=O) groups is 2. The summed E-state index contributed by atoms with van der Waals surface area (Å²) in [5.74, 6) is -0.749. The smallest absolute Gasteiger partial charge is 0.314 e. The third-order valence-electron chi connectivity index (χ3n) is 2.60. The summed E-state index contributed by atoms with van der Waals surface area (Å²) in [7, 11) is 0. The second-order valence-corrected chi connectivity index (χ2v) is 4.46. The van der Waals surface area contributed by atoms with Crippen molar-refractivity contribution < 1.29 is 19.4 Å². The minimum absolute atomic E-state index is 0.0202. The van der Waals surface area contributed by atoms with Gasteiger partial charge in [0.15, 0.2) is 0 Å². The molecular weight excluding hydrogens is 248 g/mol. The molecule has 6 nitrogen and oxygen atoms in total. The van der Waals surface area contributed by atoms with Crippen molar-refractivity contribution >= 4 is 12.0 Å². The molecule has 0 aliphatic rings. The van der Waals surface area contributed by atoms with E-state index in [4.69, 9.17) is 9.84 Å². The lowest BCUT2D eigenvalue weighted by Gasteiger charge is -2.13. The zero-order valence-corrected chi connectivity index (χ0v) is 11.9. The predicted molar refractivity (Wildman–Crippen MR) is 73.2 cm³/mol. The summed E-state index contributed by atoms with van der Waals surface area (Å²) in [5.41, 5.74) is 0. The van der Waals surface area contributed by atoms with Crippen molar-refractivity contribution in [3.05, 3.63) is 0 Å². The van der Waals surface area contributed by atoms with Gasteiger partial charge in [-0.1, -0.05) is 12.8 Å². The van der Waals surface area contributed by atoms with Gasteiger partial charge in [0.05, 0.1) is 6.10 Å². The molecule has 0 aliphatic heterocycles. The third kappa shape index (κ3) is 12.9. The molecule has 0 saturated carbocycles. The second kappa shape index (κ2) is 11.8. The van der Waals surface area contributed by atoms with Gasteiger partial charge in [0.1, 0.15) is 0 Å². The standard InChI is InChI=1S/C13H26N2O4/c1-3-19-11(2)10-15-13(18)14-9-7-5-4-6-8-12(16)17/h11H,3-10H2,1-2H3,(H,16,17)(H2,14,15,18). The molecule has 0 radical (unpaired) electrons. The van der Waals surface area contributed by atoms with Crippen LogP contribution in [0.5, 0.6) is 0 Å². The van der Waals surface area contributed by atoms with Gasteiger partial charge in [-0.15, -0.1) is 0 Å². The molecule has 0 fully saturated rings. The first-order valence-electron chi connectivity index (χ1n) is 6.91. The molecule has 1 unspecified atom stereocenters. The number of ether oxygens (including phenoxy) is 1. The van der Waals surface area contributed by atoms with Crippen LogP contribution in [0, 0.1) is 0 Å². The van der Waals surface area contributed by atoms with E-state index in [2.05, 4.69) is 10.6 Å². The summed E-state index contributed by atoms with van der Waals surface area (Å²) in [6.07, 6.45) is 3.64. The van der Waals surface area contributed by atoms with Gasteiger partial charge in [0.2, 0.25) is 0 Å². The van der Waals surface area contributed by atoms with Crippen molar-refractivity contribution in [3.8, 4) is 0 Å². The normalized spacial score (nSPS) is 11.9. The number of unbranched alkanes of at least 4 members (excludes halogenated alkanes) is 3. The van der Waals surface area contributed by atoms with Crippen LogP contribution in [-0.2, 0) is 9.53 Å². The lowest BCUT2D eigenvalue weighted by Crippen LogP contribution is -2.40. The number of hydrogen-bond acceptors (Lipinski definition) is 3. The molecule has 0 rings (SSSR count). The summed E-state index contributed by atoms with van der Waals surface area (Å²) in [4.78, 5) is 21.6. The fourth-order valence-electron chi connectivity index (χ4n) is 1.60. The number of aliphatic carboxylic acids is 1. The molecule has 6 heteroatoms. The number of carboxylic acids is 1. The topological polar surface area (TPSA) is 87.7 Å². The number of hydrogen-bond donors (Lipinski definition) is 3. The van der Waals surface area contributed by atoms with Gasteiger partial charge in [-0.25, -0.2) is 4.79 Å². The van der Waals surface area contributed by atoms with Crippen LogP contribution in [0.25, 0.3) is 0 Å². The highest BCUT2D eigenvalue weighted by molar-refractivity contribution is 5.73. The molecule has 0 spiro atoms. The van der Waals surface area contributed by atoms with Crippen molar-refractivity contribution in [2.45, 2.75) is 52.1 Å². The maximum atomic E-state index is 11.4. The highest BCUT2D eigenvalue weighted by Gasteiger charge is 2.04. The Kier molecular flexibility index (Phi) is 11.0. The van der Waals surface area contributed by atoms with Crippen molar-refractivity contribution in [1.29, 1.82) is 0 Å². The Bertz CT molecular complexity index is 259. The Balaban J connectivity index is 3.31. The molecule has 3 N–H and O–H groups in total. The molecule has 0 heterocycles. The molecule has 2 amide bonds. The van der Waals surface area contributed by atoms with Gasteiger partial charge in [-0.3, -0.25) is 4.79 Å². The zero-order valence-electron chi connectivity index (χ0n) is 11.9. The highest BCUT2D eigenvalue weighted by Crippen LogP contribution is 2.01. The number of urea groups is 1. The quantitative estimate of drug-likeness (QED) is 0.501. The average Bonchev–Trinajstić information content (AvgIpc) is 2.35. The number of nitrogens with one attached hydrogen (secondary N) is 2.